The molecule has 5 heteroatoms. The van der Waals surface area contributed by atoms with Gasteiger partial charge in [0.2, 0.25) is 0 Å². The minimum Gasteiger partial charge on any atom is -0.354 e. The number of halogens is 2. The Labute approximate surface area is 103 Å². The van der Waals surface area contributed by atoms with E-state index in [4.69, 9.17) is 4.74 Å². The van der Waals surface area contributed by atoms with E-state index in [2.05, 4.69) is 47.2 Å². The SMILES string of the molecule is CC1COC(C)(c2ccc(Br)s2)N1.Cl. The second-order valence-corrected chi connectivity index (χ2v) is 5.96. The van der Waals surface area contributed by atoms with E-state index in [1.807, 2.05) is 0 Å². The highest BCUT2D eigenvalue weighted by Crippen LogP contribution is 2.34. The van der Waals surface area contributed by atoms with Crippen LogP contribution in [0.3, 0.4) is 0 Å². The van der Waals surface area contributed by atoms with Gasteiger partial charge in [0.15, 0.2) is 5.72 Å². The van der Waals surface area contributed by atoms with Gasteiger partial charge in [0.1, 0.15) is 0 Å². The Morgan fingerprint density at radius 1 is 1.64 bits per heavy atom. The lowest BCUT2D eigenvalue weighted by Crippen LogP contribution is -2.36. The summed E-state index contributed by atoms with van der Waals surface area (Å²) in [5, 5.41) is 3.43. The molecule has 0 bridgehead atoms. The molecule has 0 aromatic carbocycles. The maximum Gasteiger partial charge on any atom is 0.152 e. The molecule has 2 rings (SSSR count). The molecule has 1 fully saturated rings. The van der Waals surface area contributed by atoms with Gasteiger partial charge in [-0.25, -0.2) is 0 Å². The first kappa shape index (κ1) is 12.5. The molecule has 2 atom stereocenters. The first-order chi connectivity index (χ1) is 6.10. The Balaban J connectivity index is 0.000000980. The highest BCUT2D eigenvalue weighted by molar-refractivity contribution is 9.11. The van der Waals surface area contributed by atoms with Crippen LogP contribution < -0.4 is 5.32 Å². The van der Waals surface area contributed by atoms with Crippen LogP contribution in [0.2, 0.25) is 0 Å². The van der Waals surface area contributed by atoms with E-state index in [1.54, 1.807) is 11.3 Å². The van der Waals surface area contributed by atoms with E-state index >= 15 is 0 Å². The van der Waals surface area contributed by atoms with E-state index in [0.29, 0.717) is 6.04 Å². The van der Waals surface area contributed by atoms with Crippen LogP contribution in [0, 0.1) is 0 Å². The third-order valence-corrected chi connectivity index (χ3v) is 4.01. The number of hydrogen-bond donors (Lipinski definition) is 1. The summed E-state index contributed by atoms with van der Waals surface area (Å²) >= 11 is 5.17. The van der Waals surface area contributed by atoms with Crippen molar-refractivity contribution in [3.05, 3.63) is 20.8 Å². The molecule has 2 nitrogen and oxygen atoms in total. The molecule has 2 unspecified atom stereocenters. The predicted octanol–water partition coefficient (Wildman–Crippen LogP) is 3.11. The molecule has 0 radical (unpaired) electrons. The van der Waals surface area contributed by atoms with Crippen LogP contribution in [0.15, 0.2) is 15.9 Å². The van der Waals surface area contributed by atoms with Crippen molar-refractivity contribution in [1.29, 1.82) is 0 Å². The second kappa shape index (κ2) is 4.49. The van der Waals surface area contributed by atoms with E-state index in [-0.39, 0.29) is 18.1 Å². The predicted molar refractivity (Wildman–Crippen MR) is 65.2 cm³/mol. The van der Waals surface area contributed by atoms with Gasteiger partial charge in [-0.15, -0.1) is 23.7 Å². The van der Waals surface area contributed by atoms with Crippen molar-refractivity contribution < 1.29 is 4.74 Å². The van der Waals surface area contributed by atoms with E-state index in [1.165, 1.54) is 4.88 Å². The fourth-order valence-electron chi connectivity index (χ4n) is 1.56. The standard InChI is InChI=1S/C9H12BrNOS.ClH/c1-6-5-12-9(2,11-6)7-3-4-8(10)13-7;/h3-4,6,11H,5H2,1-2H3;1H. The van der Waals surface area contributed by atoms with Gasteiger partial charge in [-0.1, -0.05) is 0 Å². The number of thiophene rings is 1. The summed E-state index contributed by atoms with van der Waals surface area (Å²) in [4.78, 5) is 1.23. The Morgan fingerprint density at radius 2 is 2.36 bits per heavy atom. The molecule has 0 amide bonds. The van der Waals surface area contributed by atoms with Crippen LogP contribution in [0.4, 0.5) is 0 Å². The normalized spacial score (nSPS) is 31.5. The van der Waals surface area contributed by atoms with Crippen molar-refractivity contribution in [2.75, 3.05) is 6.61 Å². The molecule has 80 valence electrons. The third kappa shape index (κ3) is 2.31. The van der Waals surface area contributed by atoms with Crippen LogP contribution in [0.5, 0.6) is 0 Å². The molecule has 0 spiro atoms. The Bertz CT molecular complexity index is 320. The molecule has 14 heavy (non-hydrogen) atoms. The monoisotopic (exact) mass is 297 g/mol. The second-order valence-electron chi connectivity index (χ2n) is 3.49. The molecule has 1 N–H and O–H groups in total. The average Bonchev–Trinajstić information content (AvgIpc) is 2.60. The van der Waals surface area contributed by atoms with Gasteiger partial charge in [0, 0.05) is 6.04 Å². The quantitative estimate of drug-likeness (QED) is 0.860. The summed E-state index contributed by atoms with van der Waals surface area (Å²) in [6.07, 6.45) is 0. The largest absolute Gasteiger partial charge is 0.354 e. The molecule has 1 aliphatic heterocycles. The van der Waals surface area contributed by atoms with Crippen molar-refractivity contribution >= 4 is 39.7 Å². The molecular weight excluding hydrogens is 286 g/mol. The minimum absolute atomic E-state index is 0. The van der Waals surface area contributed by atoms with Gasteiger partial charge < -0.3 is 4.74 Å². The summed E-state index contributed by atoms with van der Waals surface area (Å²) in [5.41, 5.74) is -0.282. The first-order valence-electron chi connectivity index (χ1n) is 4.27. The number of hydrogen-bond acceptors (Lipinski definition) is 3. The Morgan fingerprint density at radius 3 is 2.79 bits per heavy atom. The molecule has 1 aromatic heterocycles. The topological polar surface area (TPSA) is 21.3 Å². The van der Waals surface area contributed by atoms with E-state index in [0.717, 1.165) is 10.4 Å². The maximum absolute atomic E-state index is 5.73. The van der Waals surface area contributed by atoms with Gasteiger partial charge in [-0.05, 0) is 41.9 Å². The van der Waals surface area contributed by atoms with Gasteiger partial charge in [0.05, 0.1) is 15.3 Å². The van der Waals surface area contributed by atoms with Crippen molar-refractivity contribution in [3.8, 4) is 0 Å². The third-order valence-electron chi connectivity index (χ3n) is 2.19. The van der Waals surface area contributed by atoms with Crippen LogP contribution in [-0.4, -0.2) is 12.6 Å². The molecule has 1 aromatic rings. The zero-order valence-electron chi connectivity index (χ0n) is 8.04. The Hall–Kier alpha value is 0.390. The highest BCUT2D eigenvalue weighted by Gasteiger charge is 2.36. The molecule has 0 aliphatic carbocycles. The Kier molecular flexibility index (Phi) is 4.00. The first-order valence-corrected chi connectivity index (χ1v) is 5.88. The van der Waals surface area contributed by atoms with E-state index in [9.17, 15) is 0 Å². The smallest absolute Gasteiger partial charge is 0.152 e. The summed E-state index contributed by atoms with van der Waals surface area (Å²) in [5.74, 6) is 0. The molecule has 0 saturated carbocycles. The van der Waals surface area contributed by atoms with Crippen LogP contribution in [-0.2, 0) is 10.5 Å². The lowest BCUT2D eigenvalue weighted by molar-refractivity contribution is 0.00550. The lowest BCUT2D eigenvalue weighted by Gasteiger charge is -2.22. The van der Waals surface area contributed by atoms with Crippen LogP contribution in [0.1, 0.15) is 18.7 Å². The van der Waals surface area contributed by atoms with Gasteiger partial charge in [-0.2, -0.15) is 0 Å². The molecular formula is C9H13BrClNOS. The fraction of sp³-hybridized carbons (Fsp3) is 0.556. The number of rotatable bonds is 1. The highest BCUT2D eigenvalue weighted by atomic mass is 79.9. The maximum atomic E-state index is 5.73. The van der Waals surface area contributed by atoms with Gasteiger partial charge >= 0.3 is 0 Å². The van der Waals surface area contributed by atoms with Crippen molar-refractivity contribution in [1.82, 2.24) is 5.32 Å². The summed E-state index contributed by atoms with van der Waals surface area (Å²) in [6.45, 7) is 4.99. The van der Waals surface area contributed by atoms with Gasteiger partial charge in [0.25, 0.3) is 0 Å². The van der Waals surface area contributed by atoms with Crippen molar-refractivity contribution in [2.24, 2.45) is 0 Å². The number of nitrogens with one attached hydrogen (secondary N) is 1. The van der Waals surface area contributed by atoms with Crippen LogP contribution in [0.25, 0.3) is 0 Å². The number of ether oxygens (including phenoxy) is 1. The zero-order valence-corrected chi connectivity index (χ0v) is 11.3. The molecule has 2 heterocycles. The minimum atomic E-state index is -0.282. The van der Waals surface area contributed by atoms with E-state index < -0.39 is 0 Å². The summed E-state index contributed by atoms with van der Waals surface area (Å²) < 4.78 is 6.88. The van der Waals surface area contributed by atoms with Crippen LogP contribution >= 0.6 is 39.7 Å². The molecule has 1 aliphatic rings. The lowest BCUT2D eigenvalue weighted by atomic mass is 10.2. The average molecular weight is 299 g/mol. The summed E-state index contributed by atoms with van der Waals surface area (Å²) in [6, 6.07) is 4.59. The summed E-state index contributed by atoms with van der Waals surface area (Å²) in [7, 11) is 0. The van der Waals surface area contributed by atoms with Crippen molar-refractivity contribution in [2.45, 2.75) is 25.6 Å². The van der Waals surface area contributed by atoms with Crippen molar-refractivity contribution in [3.63, 3.8) is 0 Å². The zero-order chi connectivity index (χ0) is 9.47. The van der Waals surface area contributed by atoms with Gasteiger partial charge in [-0.3, -0.25) is 5.32 Å². The molecule has 1 saturated heterocycles. The fourth-order valence-corrected chi connectivity index (χ4v) is 3.01.